The van der Waals surface area contributed by atoms with Crippen LogP contribution >= 0.6 is 0 Å². The van der Waals surface area contributed by atoms with Gasteiger partial charge in [0.15, 0.2) is 0 Å². The van der Waals surface area contributed by atoms with Gasteiger partial charge in [-0.2, -0.15) is 0 Å². The van der Waals surface area contributed by atoms with E-state index in [-0.39, 0.29) is 18.0 Å². The Hall–Kier alpha value is -2.47. The lowest BCUT2D eigenvalue weighted by atomic mass is 9.75. The Balaban J connectivity index is 1.53. The van der Waals surface area contributed by atoms with Crippen molar-refractivity contribution in [2.45, 2.75) is 38.3 Å². The summed E-state index contributed by atoms with van der Waals surface area (Å²) in [5.41, 5.74) is 8.81. The SMILES string of the molecule is Cc1cc(CN)cc(NC(=O)NC2CC(c3ccc(F)cc3F)C2)c1. The number of urea groups is 1. The Bertz CT molecular complexity index is 788. The fourth-order valence-electron chi connectivity index (χ4n) is 3.23. The van der Waals surface area contributed by atoms with Crippen LogP contribution in [-0.2, 0) is 6.54 Å². The van der Waals surface area contributed by atoms with E-state index in [4.69, 9.17) is 5.73 Å². The highest BCUT2D eigenvalue weighted by Crippen LogP contribution is 2.38. The number of rotatable bonds is 4. The molecule has 0 saturated heterocycles. The second kappa shape index (κ2) is 7.19. The quantitative estimate of drug-likeness (QED) is 0.789. The van der Waals surface area contributed by atoms with Crippen LogP contribution in [0.25, 0.3) is 0 Å². The number of amides is 2. The first kappa shape index (κ1) is 17.4. The second-order valence-electron chi connectivity index (χ2n) is 6.54. The normalized spacial score (nSPS) is 19.2. The van der Waals surface area contributed by atoms with Crippen molar-refractivity contribution in [2.75, 3.05) is 5.32 Å². The molecule has 3 rings (SSSR count). The Morgan fingerprint density at radius 2 is 1.96 bits per heavy atom. The van der Waals surface area contributed by atoms with E-state index in [1.807, 2.05) is 25.1 Å². The first-order valence-electron chi connectivity index (χ1n) is 8.27. The molecule has 0 atom stereocenters. The minimum atomic E-state index is -0.579. The van der Waals surface area contributed by atoms with E-state index in [9.17, 15) is 13.6 Å². The number of benzene rings is 2. The van der Waals surface area contributed by atoms with Gasteiger partial charge in [0.1, 0.15) is 11.6 Å². The standard InChI is InChI=1S/C19H21F2N3O/c1-11-4-12(10-22)6-15(5-11)23-19(25)24-16-7-13(8-16)17-3-2-14(20)9-18(17)21/h2-6,9,13,16H,7-8,10,22H2,1H3,(H2,23,24,25). The van der Waals surface area contributed by atoms with Gasteiger partial charge in [-0.05, 0) is 60.6 Å². The van der Waals surface area contributed by atoms with Crippen LogP contribution in [0.2, 0.25) is 0 Å². The molecular formula is C19H21F2N3O. The van der Waals surface area contributed by atoms with Crippen LogP contribution < -0.4 is 16.4 Å². The molecule has 0 unspecified atom stereocenters. The number of halogens is 2. The molecule has 6 heteroatoms. The predicted molar refractivity (Wildman–Crippen MR) is 93.3 cm³/mol. The van der Waals surface area contributed by atoms with Crippen LogP contribution in [0, 0.1) is 18.6 Å². The number of hydrogen-bond acceptors (Lipinski definition) is 2. The molecule has 2 amide bonds. The van der Waals surface area contributed by atoms with Crippen LogP contribution in [0.4, 0.5) is 19.3 Å². The van der Waals surface area contributed by atoms with Gasteiger partial charge < -0.3 is 16.4 Å². The number of carbonyl (C=O) groups is 1. The van der Waals surface area contributed by atoms with Crippen LogP contribution in [0.1, 0.15) is 35.4 Å². The predicted octanol–water partition coefficient (Wildman–Crippen LogP) is 3.80. The van der Waals surface area contributed by atoms with Gasteiger partial charge in [-0.25, -0.2) is 13.6 Å². The van der Waals surface area contributed by atoms with Crippen LogP contribution in [0.3, 0.4) is 0 Å². The fraction of sp³-hybridized carbons (Fsp3) is 0.316. The zero-order valence-corrected chi connectivity index (χ0v) is 14.0. The van der Waals surface area contributed by atoms with E-state index in [0.717, 1.165) is 17.2 Å². The molecule has 0 heterocycles. The number of carbonyl (C=O) groups excluding carboxylic acids is 1. The minimum absolute atomic E-state index is 0.00807. The summed E-state index contributed by atoms with van der Waals surface area (Å²) in [4.78, 5) is 12.1. The number of anilines is 1. The van der Waals surface area contributed by atoms with Crippen LogP contribution in [0.5, 0.6) is 0 Å². The summed E-state index contributed by atoms with van der Waals surface area (Å²) < 4.78 is 26.7. The molecule has 25 heavy (non-hydrogen) atoms. The van der Waals surface area contributed by atoms with Gasteiger partial charge in [0.25, 0.3) is 0 Å². The third-order valence-corrected chi connectivity index (χ3v) is 4.51. The number of nitrogens with one attached hydrogen (secondary N) is 2. The molecule has 2 aromatic carbocycles. The number of nitrogens with two attached hydrogens (primary N) is 1. The average Bonchev–Trinajstić information content (AvgIpc) is 2.50. The lowest BCUT2D eigenvalue weighted by Gasteiger charge is -2.36. The lowest BCUT2D eigenvalue weighted by molar-refractivity contribution is 0.233. The van der Waals surface area contributed by atoms with Crippen LogP contribution in [-0.4, -0.2) is 12.1 Å². The largest absolute Gasteiger partial charge is 0.335 e. The van der Waals surface area contributed by atoms with E-state index in [1.165, 1.54) is 12.1 Å². The van der Waals surface area contributed by atoms with Crippen molar-refractivity contribution in [3.05, 3.63) is 64.7 Å². The number of aryl methyl sites for hydroxylation is 1. The van der Waals surface area contributed by atoms with Crippen molar-refractivity contribution < 1.29 is 13.6 Å². The van der Waals surface area contributed by atoms with Gasteiger partial charge in [0.2, 0.25) is 0 Å². The summed E-state index contributed by atoms with van der Waals surface area (Å²) in [6, 6.07) is 9.00. The summed E-state index contributed by atoms with van der Waals surface area (Å²) in [7, 11) is 0. The molecule has 1 aliphatic carbocycles. The first-order chi connectivity index (χ1) is 11.9. The maximum Gasteiger partial charge on any atom is 0.319 e. The zero-order valence-electron chi connectivity index (χ0n) is 14.0. The summed E-state index contributed by atoms with van der Waals surface area (Å²) >= 11 is 0. The van der Waals surface area contributed by atoms with Gasteiger partial charge in [-0.1, -0.05) is 12.1 Å². The van der Waals surface area contributed by atoms with Gasteiger partial charge in [0.05, 0.1) is 0 Å². The molecule has 1 fully saturated rings. The molecule has 132 valence electrons. The molecule has 4 N–H and O–H groups in total. The Kier molecular flexibility index (Phi) is 4.99. The van der Waals surface area contributed by atoms with Gasteiger partial charge in [0, 0.05) is 24.3 Å². The van der Waals surface area contributed by atoms with E-state index in [2.05, 4.69) is 10.6 Å². The van der Waals surface area contributed by atoms with Crippen molar-refractivity contribution >= 4 is 11.7 Å². The van der Waals surface area contributed by atoms with Crippen molar-refractivity contribution in [2.24, 2.45) is 5.73 Å². The summed E-state index contributed by atoms with van der Waals surface area (Å²) in [5, 5.41) is 5.68. The van der Waals surface area contributed by atoms with Gasteiger partial charge in [-0.3, -0.25) is 0 Å². The van der Waals surface area contributed by atoms with Crippen molar-refractivity contribution in [3.8, 4) is 0 Å². The zero-order chi connectivity index (χ0) is 18.0. The molecule has 0 radical (unpaired) electrons. The van der Waals surface area contributed by atoms with Crippen LogP contribution in [0.15, 0.2) is 36.4 Å². The molecule has 4 nitrogen and oxygen atoms in total. The highest BCUT2D eigenvalue weighted by Gasteiger charge is 2.33. The third kappa shape index (κ3) is 4.14. The van der Waals surface area contributed by atoms with E-state index >= 15 is 0 Å². The summed E-state index contributed by atoms with van der Waals surface area (Å²) in [6.45, 7) is 2.35. The smallest absolute Gasteiger partial charge is 0.319 e. The second-order valence-corrected chi connectivity index (χ2v) is 6.54. The van der Waals surface area contributed by atoms with Crippen molar-refractivity contribution in [1.29, 1.82) is 0 Å². The van der Waals surface area contributed by atoms with E-state index in [0.29, 0.717) is 30.6 Å². The molecule has 0 spiro atoms. The lowest BCUT2D eigenvalue weighted by Crippen LogP contribution is -2.45. The average molecular weight is 345 g/mol. The Labute approximate surface area is 145 Å². The molecule has 0 aromatic heterocycles. The van der Waals surface area contributed by atoms with E-state index < -0.39 is 11.6 Å². The summed E-state index contributed by atoms with van der Waals surface area (Å²) in [6.07, 6.45) is 1.27. The minimum Gasteiger partial charge on any atom is -0.335 e. The first-order valence-corrected chi connectivity index (χ1v) is 8.27. The van der Waals surface area contributed by atoms with Gasteiger partial charge in [-0.15, -0.1) is 0 Å². The number of hydrogen-bond donors (Lipinski definition) is 3. The van der Waals surface area contributed by atoms with Crippen molar-refractivity contribution in [3.63, 3.8) is 0 Å². The fourth-order valence-corrected chi connectivity index (χ4v) is 3.23. The molecule has 1 aliphatic rings. The van der Waals surface area contributed by atoms with Gasteiger partial charge >= 0.3 is 6.03 Å². The monoisotopic (exact) mass is 345 g/mol. The van der Waals surface area contributed by atoms with Crippen molar-refractivity contribution in [1.82, 2.24) is 5.32 Å². The maximum atomic E-state index is 13.8. The summed E-state index contributed by atoms with van der Waals surface area (Å²) in [5.74, 6) is -1.10. The maximum absolute atomic E-state index is 13.8. The van der Waals surface area contributed by atoms with E-state index in [1.54, 1.807) is 0 Å². The Morgan fingerprint density at radius 3 is 2.64 bits per heavy atom. The molecule has 1 saturated carbocycles. The third-order valence-electron chi connectivity index (χ3n) is 4.51. The highest BCUT2D eigenvalue weighted by molar-refractivity contribution is 5.89. The molecule has 0 aliphatic heterocycles. The molecule has 0 bridgehead atoms. The molecule has 2 aromatic rings. The molecular weight excluding hydrogens is 324 g/mol. The topological polar surface area (TPSA) is 67.1 Å². The highest BCUT2D eigenvalue weighted by atomic mass is 19.1. The Morgan fingerprint density at radius 1 is 1.20 bits per heavy atom.